The molecule has 1 N–H and O–H groups in total. The fourth-order valence-electron chi connectivity index (χ4n) is 3.30. The van der Waals surface area contributed by atoms with Crippen molar-refractivity contribution in [2.75, 3.05) is 5.43 Å². The lowest BCUT2D eigenvalue weighted by Crippen LogP contribution is -2.20. The minimum atomic E-state index is -0.280. The minimum absolute atomic E-state index is 0.205. The van der Waals surface area contributed by atoms with E-state index in [2.05, 4.69) is 20.6 Å². The largest absolute Gasteiger partial charge is 0.271 e. The van der Waals surface area contributed by atoms with Crippen LogP contribution >= 0.6 is 11.3 Å². The molecule has 0 spiro atoms. The van der Waals surface area contributed by atoms with Gasteiger partial charge in [0.05, 0.1) is 23.3 Å². The summed E-state index contributed by atoms with van der Waals surface area (Å²) in [7, 11) is 0. The van der Waals surface area contributed by atoms with Crippen LogP contribution in [0.5, 0.6) is 0 Å². The first kappa shape index (κ1) is 21.4. The third-order valence-electron chi connectivity index (χ3n) is 5.03. The molecule has 8 heteroatoms. The van der Waals surface area contributed by atoms with Crippen LogP contribution in [0.3, 0.4) is 0 Å². The summed E-state index contributed by atoms with van der Waals surface area (Å²) in [6, 6.07) is 26.5. The molecule has 0 aliphatic carbocycles. The lowest BCUT2D eigenvalue weighted by Gasteiger charge is -2.07. The number of nitrogens with zero attached hydrogens (tertiary/aromatic N) is 4. The highest BCUT2D eigenvalue weighted by Crippen LogP contribution is 2.25. The highest BCUT2D eigenvalue weighted by Gasteiger charge is 2.06. The van der Waals surface area contributed by atoms with Crippen molar-refractivity contribution in [2.24, 2.45) is 5.10 Å². The Morgan fingerprint density at radius 2 is 1.59 bits per heavy atom. The second-order valence-electron chi connectivity index (χ2n) is 7.34. The molecule has 6 nitrogen and oxygen atoms in total. The maximum absolute atomic E-state index is 13.1. The number of benzene rings is 3. The Kier molecular flexibility index (Phi) is 6.05. The van der Waals surface area contributed by atoms with Crippen molar-refractivity contribution in [3.8, 4) is 28.2 Å². The van der Waals surface area contributed by atoms with Gasteiger partial charge in [-0.2, -0.15) is 14.9 Å². The molecule has 3 aromatic carbocycles. The lowest BCUT2D eigenvalue weighted by atomic mass is 10.1. The van der Waals surface area contributed by atoms with Crippen LogP contribution in [0.25, 0.3) is 28.2 Å². The predicted octanol–water partition coefficient (Wildman–Crippen LogP) is 5.61. The predicted molar refractivity (Wildman–Crippen MR) is 134 cm³/mol. The zero-order valence-corrected chi connectivity index (χ0v) is 18.6. The van der Waals surface area contributed by atoms with Gasteiger partial charge in [-0.1, -0.05) is 42.5 Å². The van der Waals surface area contributed by atoms with Gasteiger partial charge in [-0.15, -0.1) is 11.3 Å². The summed E-state index contributed by atoms with van der Waals surface area (Å²) in [4.78, 5) is 16.8. The lowest BCUT2D eigenvalue weighted by molar-refractivity contribution is 0.628. The Labute approximate surface area is 198 Å². The number of nitrogens with one attached hydrogen (secondary N) is 1. The average molecular weight is 468 g/mol. The van der Waals surface area contributed by atoms with Gasteiger partial charge in [0, 0.05) is 22.6 Å². The van der Waals surface area contributed by atoms with Crippen LogP contribution in [0.15, 0.2) is 106 Å². The van der Waals surface area contributed by atoms with E-state index in [1.807, 2.05) is 60.0 Å². The van der Waals surface area contributed by atoms with Crippen LogP contribution in [0.2, 0.25) is 0 Å². The molecule has 0 saturated heterocycles. The molecule has 0 fully saturated rings. The van der Waals surface area contributed by atoms with Crippen LogP contribution < -0.4 is 11.0 Å². The number of hydrazone groups is 1. The summed E-state index contributed by atoms with van der Waals surface area (Å²) >= 11 is 1.41. The summed E-state index contributed by atoms with van der Waals surface area (Å²) in [5.74, 6) is -0.280. The maximum atomic E-state index is 13.1. The van der Waals surface area contributed by atoms with Gasteiger partial charge < -0.3 is 0 Å². The Morgan fingerprint density at radius 1 is 0.853 bits per heavy atom. The Hall–Kier alpha value is -4.43. The van der Waals surface area contributed by atoms with Gasteiger partial charge in [0.2, 0.25) is 5.13 Å². The average Bonchev–Trinajstić information content (AvgIpc) is 3.35. The topological polar surface area (TPSA) is 72.2 Å². The van der Waals surface area contributed by atoms with Gasteiger partial charge in [-0.05, 0) is 48.0 Å². The molecule has 0 radical (unpaired) electrons. The van der Waals surface area contributed by atoms with E-state index in [4.69, 9.17) is 0 Å². The van der Waals surface area contributed by atoms with Gasteiger partial charge in [0.1, 0.15) is 5.82 Å². The summed E-state index contributed by atoms with van der Waals surface area (Å²) in [5, 5.41) is 11.3. The normalized spacial score (nSPS) is 11.1. The van der Waals surface area contributed by atoms with Crippen LogP contribution in [0.1, 0.15) is 5.56 Å². The van der Waals surface area contributed by atoms with Crippen LogP contribution in [-0.2, 0) is 0 Å². The molecule has 5 rings (SSSR count). The molecule has 0 bridgehead atoms. The molecule has 2 heterocycles. The Morgan fingerprint density at radius 3 is 2.35 bits per heavy atom. The van der Waals surface area contributed by atoms with Gasteiger partial charge >= 0.3 is 0 Å². The first-order valence-electron chi connectivity index (χ1n) is 10.4. The van der Waals surface area contributed by atoms with E-state index < -0.39 is 0 Å². The summed E-state index contributed by atoms with van der Waals surface area (Å²) in [5.41, 5.74) is 7.47. The smallest absolute Gasteiger partial charge is 0.267 e. The monoisotopic (exact) mass is 467 g/mol. The quantitative estimate of drug-likeness (QED) is 0.260. The molecule has 0 amide bonds. The number of hydrogen-bond donors (Lipinski definition) is 1. The molecule has 34 heavy (non-hydrogen) atoms. The van der Waals surface area contributed by atoms with Gasteiger partial charge in [0.15, 0.2) is 0 Å². The number of thiazole rings is 1. The van der Waals surface area contributed by atoms with E-state index in [0.717, 1.165) is 28.1 Å². The fraction of sp³-hybridized carbons (Fsp3) is 0. The Bertz CT molecular complexity index is 1490. The second-order valence-corrected chi connectivity index (χ2v) is 8.20. The van der Waals surface area contributed by atoms with Crippen LogP contribution in [0.4, 0.5) is 9.52 Å². The fourth-order valence-corrected chi connectivity index (χ4v) is 3.97. The third kappa shape index (κ3) is 4.82. The highest BCUT2D eigenvalue weighted by atomic mass is 32.1. The second kappa shape index (κ2) is 9.60. The van der Waals surface area contributed by atoms with E-state index in [1.165, 1.54) is 34.2 Å². The number of halogens is 1. The standard InChI is InChI=1S/C26H18FN5OS/c27-21-10-8-20(9-11-21)24-17-34-26(29-24)30-28-16-18-6-12-22(13-7-18)32-25(33)15-14-23(31-32)19-4-2-1-3-5-19/h1-17H,(H,29,30)/b28-16-. The SMILES string of the molecule is O=c1ccc(-c2ccccc2)nn1-c1ccc(/C=N\Nc2nc(-c3ccc(F)cc3)cs2)cc1. The van der Waals surface area contributed by atoms with Gasteiger partial charge in [-0.3, -0.25) is 10.2 Å². The molecule has 0 aliphatic heterocycles. The first-order valence-corrected chi connectivity index (χ1v) is 11.3. The molecular weight excluding hydrogens is 449 g/mol. The number of anilines is 1. The van der Waals surface area contributed by atoms with Gasteiger partial charge in [-0.25, -0.2) is 9.37 Å². The molecular formula is C26H18FN5OS. The van der Waals surface area contributed by atoms with Crippen molar-refractivity contribution < 1.29 is 4.39 Å². The molecule has 166 valence electrons. The van der Waals surface area contributed by atoms with Crippen molar-refractivity contribution in [2.45, 2.75) is 0 Å². The van der Waals surface area contributed by atoms with E-state index in [-0.39, 0.29) is 11.4 Å². The van der Waals surface area contributed by atoms with Crippen molar-refractivity contribution in [1.82, 2.24) is 14.8 Å². The van der Waals surface area contributed by atoms with Crippen molar-refractivity contribution in [3.05, 3.63) is 118 Å². The minimum Gasteiger partial charge on any atom is -0.267 e. The molecule has 0 saturated carbocycles. The van der Waals surface area contributed by atoms with Crippen LogP contribution in [0, 0.1) is 5.82 Å². The number of rotatable bonds is 6. The van der Waals surface area contributed by atoms with E-state index in [0.29, 0.717) is 10.8 Å². The van der Waals surface area contributed by atoms with Gasteiger partial charge in [0.25, 0.3) is 5.56 Å². The summed E-state index contributed by atoms with van der Waals surface area (Å²) < 4.78 is 14.5. The van der Waals surface area contributed by atoms with Crippen molar-refractivity contribution in [1.29, 1.82) is 0 Å². The molecule has 0 unspecified atom stereocenters. The van der Waals surface area contributed by atoms with Crippen LogP contribution in [-0.4, -0.2) is 21.0 Å². The Balaban J connectivity index is 1.28. The summed E-state index contributed by atoms with van der Waals surface area (Å²) in [6.45, 7) is 0. The third-order valence-corrected chi connectivity index (χ3v) is 5.77. The van der Waals surface area contributed by atoms with E-state index in [1.54, 1.807) is 24.4 Å². The van der Waals surface area contributed by atoms with E-state index in [9.17, 15) is 9.18 Å². The first-order chi connectivity index (χ1) is 16.7. The van der Waals surface area contributed by atoms with E-state index >= 15 is 0 Å². The maximum Gasteiger partial charge on any atom is 0.271 e. The molecule has 2 aromatic heterocycles. The zero-order valence-electron chi connectivity index (χ0n) is 17.8. The molecule has 0 atom stereocenters. The van der Waals surface area contributed by atoms with Crippen molar-refractivity contribution in [3.63, 3.8) is 0 Å². The van der Waals surface area contributed by atoms with Crippen molar-refractivity contribution >= 4 is 22.7 Å². The number of hydrogen-bond acceptors (Lipinski definition) is 6. The molecule has 5 aromatic rings. The number of aromatic nitrogens is 3. The highest BCUT2D eigenvalue weighted by molar-refractivity contribution is 7.14. The zero-order chi connectivity index (χ0) is 23.3. The molecule has 0 aliphatic rings. The summed E-state index contributed by atoms with van der Waals surface area (Å²) in [6.07, 6.45) is 1.67.